The second kappa shape index (κ2) is 8.67. The van der Waals surface area contributed by atoms with Crippen LogP contribution in [0.25, 0.3) is 10.9 Å². The van der Waals surface area contributed by atoms with E-state index in [2.05, 4.69) is 4.98 Å². The molecule has 1 aliphatic heterocycles. The molecule has 1 aliphatic rings. The highest BCUT2D eigenvalue weighted by atomic mass is 16.5. The molecule has 0 spiro atoms. The molecule has 1 aromatic heterocycles. The van der Waals surface area contributed by atoms with Crippen molar-refractivity contribution in [1.82, 2.24) is 14.5 Å². The van der Waals surface area contributed by atoms with Crippen LogP contribution < -0.4 is 20.7 Å². The van der Waals surface area contributed by atoms with E-state index in [0.717, 1.165) is 22.1 Å². The summed E-state index contributed by atoms with van der Waals surface area (Å²) in [5, 5.41) is 0.463. The van der Waals surface area contributed by atoms with Gasteiger partial charge in [0.2, 0.25) is 5.91 Å². The molecule has 0 saturated heterocycles. The van der Waals surface area contributed by atoms with Crippen LogP contribution in [-0.4, -0.2) is 41.1 Å². The van der Waals surface area contributed by atoms with Crippen molar-refractivity contribution in [2.75, 3.05) is 20.8 Å². The molecule has 1 N–H and O–H groups in total. The van der Waals surface area contributed by atoms with Gasteiger partial charge >= 0.3 is 5.69 Å². The predicted octanol–water partition coefficient (Wildman–Crippen LogP) is 2.07. The Morgan fingerprint density at radius 2 is 1.77 bits per heavy atom. The number of amides is 1. The second-order valence-corrected chi connectivity index (χ2v) is 7.58. The number of carbonyl (C=O) groups is 1. The van der Waals surface area contributed by atoms with Crippen LogP contribution in [0.5, 0.6) is 11.5 Å². The molecule has 8 heteroatoms. The molecule has 162 valence electrons. The number of hydrogen-bond donors (Lipinski definition) is 1. The van der Waals surface area contributed by atoms with E-state index < -0.39 is 5.69 Å². The van der Waals surface area contributed by atoms with Crippen LogP contribution in [0, 0.1) is 0 Å². The molecule has 2 aromatic carbocycles. The Hall–Kier alpha value is -3.55. The minimum Gasteiger partial charge on any atom is -0.493 e. The number of aromatic nitrogens is 2. The fraction of sp³-hybridized carbons (Fsp3) is 0.348. The molecule has 1 amide bonds. The maximum atomic E-state index is 12.8. The molecule has 3 aromatic rings. The zero-order valence-electron chi connectivity index (χ0n) is 17.6. The van der Waals surface area contributed by atoms with Crippen LogP contribution in [0.15, 0.2) is 46.0 Å². The van der Waals surface area contributed by atoms with Crippen molar-refractivity contribution >= 4 is 16.8 Å². The third kappa shape index (κ3) is 4.05. The van der Waals surface area contributed by atoms with Gasteiger partial charge in [-0.25, -0.2) is 4.79 Å². The highest BCUT2D eigenvalue weighted by molar-refractivity contribution is 5.77. The summed E-state index contributed by atoms with van der Waals surface area (Å²) in [7, 11) is 3.20. The van der Waals surface area contributed by atoms with E-state index in [4.69, 9.17) is 9.47 Å². The number of hydrogen-bond acceptors (Lipinski definition) is 5. The van der Waals surface area contributed by atoms with Crippen molar-refractivity contribution in [1.29, 1.82) is 0 Å². The molecule has 0 aliphatic carbocycles. The number of methoxy groups -OCH3 is 2. The standard InChI is InChI=1S/C23H25N3O5/c1-30-19-12-15-9-11-25(14-16(15)13-20(19)31-2)21(27)8-5-10-26-22(28)17-6-3-4-7-18(17)24-23(26)29/h3-4,6-7,12-13H,5,8-11,14H2,1-2H3,(H,24,29). The van der Waals surface area contributed by atoms with Gasteiger partial charge in [-0.2, -0.15) is 0 Å². The SMILES string of the molecule is COc1cc2c(cc1OC)CN(C(=O)CCCn1c(=O)[nH]c3ccccc3c1=O)CC2. The molecule has 31 heavy (non-hydrogen) atoms. The van der Waals surface area contributed by atoms with Crippen molar-refractivity contribution in [2.45, 2.75) is 32.4 Å². The summed E-state index contributed by atoms with van der Waals surface area (Å²) in [6, 6.07) is 10.8. The van der Waals surface area contributed by atoms with Crippen molar-refractivity contribution in [2.24, 2.45) is 0 Å². The molecule has 8 nitrogen and oxygen atoms in total. The molecule has 4 rings (SSSR count). The topological polar surface area (TPSA) is 93.6 Å². The minimum atomic E-state index is -0.455. The van der Waals surface area contributed by atoms with Gasteiger partial charge in [0.15, 0.2) is 11.5 Å². The highest BCUT2D eigenvalue weighted by Crippen LogP contribution is 2.33. The van der Waals surface area contributed by atoms with Gasteiger partial charge in [-0.1, -0.05) is 12.1 Å². The smallest absolute Gasteiger partial charge is 0.328 e. The first-order valence-corrected chi connectivity index (χ1v) is 10.2. The normalized spacial score (nSPS) is 13.2. The lowest BCUT2D eigenvalue weighted by molar-refractivity contribution is -0.132. The average Bonchev–Trinajstić information content (AvgIpc) is 2.79. The Morgan fingerprint density at radius 3 is 2.52 bits per heavy atom. The van der Waals surface area contributed by atoms with Crippen LogP contribution in [0.2, 0.25) is 0 Å². The van der Waals surface area contributed by atoms with Gasteiger partial charge in [0.25, 0.3) is 5.56 Å². The van der Waals surface area contributed by atoms with E-state index in [1.807, 2.05) is 17.0 Å². The Balaban J connectivity index is 1.42. The quantitative estimate of drug-likeness (QED) is 0.655. The zero-order valence-corrected chi connectivity index (χ0v) is 17.6. The molecule has 0 fully saturated rings. The molecule has 2 heterocycles. The van der Waals surface area contributed by atoms with Gasteiger partial charge in [-0.15, -0.1) is 0 Å². The average molecular weight is 423 g/mol. The van der Waals surface area contributed by atoms with Gasteiger partial charge in [0.1, 0.15) is 0 Å². The number of benzene rings is 2. The van der Waals surface area contributed by atoms with Crippen molar-refractivity contribution in [3.05, 3.63) is 68.4 Å². The van der Waals surface area contributed by atoms with Crippen molar-refractivity contribution in [3.63, 3.8) is 0 Å². The van der Waals surface area contributed by atoms with Crippen LogP contribution in [-0.2, 0) is 24.3 Å². The molecule has 0 bridgehead atoms. The lowest BCUT2D eigenvalue weighted by atomic mass is 9.98. The van der Waals surface area contributed by atoms with E-state index in [1.165, 1.54) is 0 Å². The van der Waals surface area contributed by atoms with Crippen LogP contribution in [0.4, 0.5) is 0 Å². The lowest BCUT2D eigenvalue weighted by Crippen LogP contribution is -2.37. The summed E-state index contributed by atoms with van der Waals surface area (Å²) >= 11 is 0. The van der Waals surface area contributed by atoms with Gasteiger partial charge in [0.05, 0.1) is 25.1 Å². The molecule has 0 atom stereocenters. The summed E-state index contributed by atoms with van der Waals surface area (Å²) in [5.74, 6) is 1.34. The number of carbonyl (C=O) groups excluding carboxylic acids is 1. The van der Waals surface area contributed by atoms with E-state index in [-0.39, 0.29) is 24.4 Å². The van der Waals surface area contributed by atoms with E-state index >= 15 is 0 Å². The first kappa shape index (κ1) is 20.7. The van der Waals surface area contributed by atoms with Crippen LogP contribution in [0.3, 0.4) is 0 Å². The number of ether oxygens (including phenoxy) is 2. The molecular weight excluding hydrogens is 398 g/mol. The highest BCUT2D eigenvalue weighted by Gasteiger charge is 2.22. The summed E-state index contributed by atoms with van der Waals surface area (Å²) in [6.07, 6.45) is 1.42. The Bertz CT molecular complexity index is 1240. The monoisotopic (exact) mass is 423 g/mol. The van der Waals surface area contributed by atoms with Crippen molar-refractivity contribution in [3.8, 4) is 11.5 Å². The summed E-state index contributed by atoms with van der Waals surface area (Å²) in [4.78, 5) is 42.2. The fourth-order valence-corrected chi connectivity index (χ4v) is 4.04. The first-order chi connectivity index (χ1) is 15.0. The number of nitrogens with one attached hydrogen (secondary N) is 1. The minimum absolute atomic E-state index is 0.00528. The Labute approximate surface area is 179 Å². The Kier molecular flexibility index (Phi) is 5.79. The van der Waals surface area contributed by atoms with Gasteiger partial charge in [-0.3, -0.25) is 14.2 Å². The van der Waals surface area contributed by atoms with Gasteiger partial charge < -0.3 is 19.4 Å². The van der Waals surface area contributed by atoms with Gasteiger partial charge in [0, 0.05) is 26.1 Å². The predicted molar refractivity (Wildman–Crippen MR) is 117 cm³/mol. The third-order valence-electron chi connectivity index (χ3n) is 5.73. The van der Waals surface area contributed by atoms with Crippen LogP contribution in [0.1, 0.15) is 24.0 Å². The summed E-state index contributed by atoms with van der Waals surface area (Å²) in [6.45, 7) is 1.32. The van der Waals surface area contributed by atoms with Crippen molar-refractivity contribution < 1.29 is 14.3 Å². The molecule has 0 radical (unpaired) electrons. The van der Waals surface area contributed by atoms with E-state index in [9.17, 15) is 14.4 Å². The number of para-hydroxylation sites is 1. The molecule has 0 unspecified atom stereocenters. The largest absolute Gasteiger partial charge is 0.493 e. The zero-order chi connectivity index (χ0) is 22.0. The molecular formula is C23H25N3O5. The second-order valence-electron chi connectivity index (χ2n) is 7.58. The number of H-pyrrole nitrogens is 1. The van der Waals surface area contributed by atoms with Crippen LogP contribution >= 0.6 is 0 Å². The van der Waals surface area contributed by atoms with Gasteiger partial charge in [-0.05, 0) is 48.2 Å². The maximum absolute atomic E-state index is 12.8. The molecule has 0 saturated carbocycles. The number of rotatable bonds is 6. The summed E-state index contributed by atoms with van der Waals surface area (Å²) in [5.41, 5.74) is 1.92. The number of aromatic amines is 1. The first-order valence-electron chi connectivity index (χ1n) is 10.2. The fourth-order valence-electron chi connectivity index (χ4n) is 4.04. The number of fused-ring (bicyclic) bond motifs is 2. The summed E-state index contributed by atoms with van der Waals surface area (Å²) < 4.78 is 11.9. The number of nitrogens with zero attached hydrogens (tertiary/aromatic N) is 2. The Morgan fingerprint density at radius 1 is 1.06 bits per heavy atom. The lowest BCUT2D eigenvalue weighted by Gasteiger charge is -2.29. The third-order valence-corrected chi connectivity index (χ3v) is 5.73. The van der Waals surface area contributed by atoms with E-state index in [0.29, 0.717) is 41.9 Å². The van der Waals surface area contributed by atoms with E-state index in [1.54, 1.807) is 38.5 Å². The maximum Gasteiger partial charge on any atom is 0.328 e.